The molecule has 0 aromatic rings. The average Bonchev–Trinajstić information content (AvgIpc) is 2.14. The van der Waals surface area contributed by atoms with Crippen molar-refractivity contribution in [3.05, 3.63) is 0 Å². The summed E-state index contributed by atoms with van der Waals surface area (Å²) in [5, 5.41) is 0. The predicted octanol–water partition coefficient (Wildman–Crippen LogP) is 2.32. The van der Waals surface area contributed by atoms with Gasteiger partial charge in [-0.3, -0.25) is 0 Å². The molecule has 4 nitrogen and oxygen atoms in total. The van der Waals surface area contributed by atoms with Gasteiger partial charge in [-0.05, 0) is 41.5 Å². The largest absolute Gasteiger partial charge is 0.352 e. The van der Waals surface area contributed by atoms with Gasteiger partial charge in [-0.25, -0.2) is 0 Å². The zero-order valence-electron chi connectivity index (χ0n) is 11.7. The van der Waals surface area contributed by atoms with Gasteiger partial charge in [0.05, 0.1) is 28.8 Å². The Morgan fingerprint density at radius 2 is 1.18 bits per heavy atom. The molecule has 0 bridgehead atoms. The van der Waals surface area contributed by atoms with Crippen LogP contribution in [0.25, 0.3) is 0 Å². The monoisotopic (exact) mass is 244 g/mol. The van der Waals surface area contributed by atoms with Crippen molar-refractivity contribution >= 4 is 0 Å². The summed E-state index contributed by atoms with van der Waals surface area (Å²) in [6.45, 7) is 13.2. The van der Waals surface area contributed by atoms with Gasteiger partial charge in [0.2, 0.25) is 0 Å². The highest BCUT2D eigenvalue weighted by atomic mass is 16.7. The number of hydrogen-bond donors (Lipinski definition) is 0. The van der Waals surface area contributed by atoms with Crippen LogP contribution in [0.4, 0.5) is 0 Å². The highest BCUT2D eigenvalue weighted by Crippen LogP contribution is 2.56. The fraction of sp³-hybridized carbons (Fsp3) is 1.00. The van der Waals surface area contributed by atoms with E-state index in [4.69, 9.17) is 18.9 Å². The van der Waals surface area contributed by atoms with Crippen LogP contribution in [0.1, 0.15) is 41.5 Å². The number of hydrogen-bond acceptors (Lipinski definition) is 4. The van der Waals surface area contributed by atoms with Gasteiger partial charge in [-0.1, -0.05) is 0 Å². The van der Waals surface area contributed by atoms with Gasteiger partial charge in [-0.15, -0.1) is 0 Å². The molecular weight excluding hydrogens is 220 g/mol. The van der Waals surface area contributed by atoms with E-state index < -0.39 is 0 Å². The fourth-order valence-electron chi connectivity index (χ4n) is 4.08. The van der Waals surface area contributed by atoms with Gasteiger partial charge in [0.1, 0.15) is 13.6 Å². The molecule has 2 unspecified atom stereocenters. The number of ether oxygens (including phenoxy) is 4. The van der Waals surface area contributed by atoms with E-state index >= 15 is 0 Å². The smallest absolute Gasteiger partial charge is 0.148 e. The van der Waals surface area contributed by atoms with Gasteiger partial charge in [0.15, 0.2) is 0 Å². The Labute approximate surface area is 104 Å². The van der Waals surface area contributed by atoms with E-state index in [0.29, 0.717) is 13.6 Å². The molecule has 2 fully saturated rings. The summed E-state index contributed by atoms with van der Waals surface area (Å²) in [6.07, 6.45) is 0.0492. The summed E-state index contributed by atoms with van der Waals surface area (Å²) < 4.78 is 23.2. The second-order valence-electron chi connectivity index (χ2n) is 6.03. The van der Waals surface area contributed by atoms with E-state index in [0.717, 1.165) is 0 Å². The van der Waals surface area contributed by atoms with Crippen molar-refractivity contribution in [3.63, 3.8) is 0 Å². The number of rotatable bonds is 0. The fourth-order valence-corrected chi connectivity index (χ4v) is 4.08. The molecule has 0 aromatic heterocycles. The Morgan fingerprint density at radius 3 is 1.59 bits per heavy atom. The minimum atomic E-state index is -0.353. The lowest BCUT2D eigenvalue weighted by Crippen LogP contribution is -2.74. The van der Waals surface area contributed by atoms with E-state index in [2.05, 4.69) is 41.5 Å². The molecule has 1 spiro atoms. The summed E-state index contributed by atoms with van der Waals surface area (Å²) in [4.78, 5) is 0. The van der Waals surface area contributed by atoms with Gasteiger partial charge in [0, 0.05) is 0 Å². The Kier molecular flexibility index (Phi) is 3.06. The SMILES string of the molecule is CC1OCOC(C)C12C(C)(C)OCOC2(C)C. The molecule has 2 rings (SSSR count). The van der Waals surface area contributed by atoms with Gasteiger partial charge >= 0.3 is 0 Å². The first kappa shape index (κ1) is 13.3. The van der Waals surface area contributed by atoms with Crippen LogP contribution >= 0.6 is 0 Å². The molecule has 2 aliphatic rings. The van der Waals surface area contributed by atoms with Crippen molar-refractivity contribution in [2.45, 2.75) is 65.0 Å². The van der Waals surface area contributed by atoms with Gasteiger partial charge < -0.3 is 18.9 Å². The minimum Gasteiger partial charge on any atom is -0.352 e. The van der Waals surface area contributed by atoms with Gasteiger partial charge in [-0.2, -0.15) is 0 Å². The standard InChI is InChI=1S/C13H24O4/c1-9-13(10(2)15-7-14-9)11(3,4)16-8-17-12(13,5)6/h9-10H,7-8H2,1-6H3. The molecule has 0 N–H and O–H groups in total. The first-order valence-corrected chi connectivity index (χ1v) is 6.27. The van der Waals surface area contributed by atoms with Crippen LogP contribution in [0.2, 0.25) is 0 Å². The zero-order valence-corrected chi connectivity index (χ0v) is 11.7. The van der Waals surface area contributed by atoms with Crippen molar-refractivity contribution in [2.75, 3.05) is 13.6 Å². The van der Waals surface area contributed by atoms with E-state index in [9.17, 15) is 0 Å². The second-order valence-corrected chi connectivity index (χ2v) is 6.03. The lowest BCUT2D eigenvalue weighted by atomic mass is 9.56. The maximum atomic E-state index is 5.85. The summed E-state index contributed by atoms with van der Waals surface area (Å²) in [5.41, 5.74) is -1.03. The molecule has 0 saturated carbocycles. The van der Waals surface area contributed by atoms with Crippen LogP contribution in [-0.2, 0) is 18.9 Å². The van der Waals surface area contributed by atoms with Crippen LogP contribution in [-0.4, -0.2) is 37.0 Å². The van der Waals surface area contributed by atoms with Crippen LogP contribution < -0.4 is 0 Å². The van der Waals surface area contributed by atoms with Crippen molar-refractivity contribution < 1.29 is 18.9 Å². The molecule has 2 heterocycles. The topological polar surface area (TPSA) is 36.9 Å². The van der Waals surface area contributed by atoms with Crippen molar-refractivity contribution in [1.82, 2.24) is 0 Å². The first-order valence-electron chi connectivity index (χ1n) is 6.27. The van der Waals surface area contributed by atoms with Crippen molar-refractivity contribution in [1.29, 1.82) is 0 Å². The molecule has 0 aromatic carbocycles. The van der Waals surface area contributed by atoms with E-state index in [-0.39, 0.29) is 28.8 Å². The Morgan fingerprint density at radius 1 is 0.765 bits per heavy atom. The molecule has 100 valence electrons. The lowest BCUT2D eigenvalue weighted by Gasteiger charge is -2.63. The van der Waals surface area contributed by atoms with E-state index in [1.54, 1.807) is 0 Å². The third-order valence-corrected chi connectivity index (χ3v) is 4.75. The van der Waals surface area contributed by atoms with Crippen LogP contribution in [0, 0.1) is 5.41 Å². The summed E-state index contributed by atoms with van der Waals surface area (Å²) in [5.74, 6) is 0. The summed E-state index contributed by atoms with van der Waals surface area (Å²) in [7, 11) is 0. The maximum absolute atomic E-state index is 5.85. The summed E-state index contributed by atoms with van der Waals surface area (Å²) >= 11 is 0. The lowest BCUT2D eigenvalue weighted by molar-refractivity contribution is -0.396. The first-order chi connectivity index (χ1) is 7.76. The Bertz CT molecular complexity index is 270. The van der Waals surface area contributed by atoms with Crippen molar-refractivity contribution in [3.8, 4) is 0 Å². The van der Waals surface area contributed by atoms with Gasteiger partial charge in [0.25, 0.3) is 0 Å². The van der Waals surface area contributed by atoms with E-state index in [1.165, 1.54) is 0 Å². The highest BCUT2D eigenvalue weighted by Gasteiger charge is 2.67. The average molecular weight is 244 g/mol. The molecule has 4 heteroatoms. The molecule has 17 heavy (non-hydrogen) atoms. The molecule has 2 saturated heterocycles. The Balaban J connectivity index is 2.53. The molecule has 0 radical (unpaired) electrons. The minimum absolute atomic E-state index is 0.0246. The quantitative estimate of drug-likeness (QED) is 0.655. The zero-order chi connectivity index (χ0) is 12.9. The summed E-state index contributed by atoms with van der Waals surface area (Å²) in [6, 6.07) is 0. The molecular formula is C13H24O4. The third-order valence-electron chi connectivity index (χ3n) is 4.75. The maximum Gasteiger partial charge on any atom is 0.148 e. The second kappa shape index (κ2) is 3.92. The molecule has 0 amide bonds. The third kappa shape index (κ3) is 1.58. The highest BCUT2D eigenvalue weighted by molar-refractivity contribution is 5.13. The van der Waals surface area contributed by atoms with E-state index in [1.807, 2.05) is 0 Å². The van der Waals surface area contributed by atoms with Crippen molar-refractivity contribution in [2.24, 2.45) is 5.41 Å². The van der Waals surface area contributed by atoms with Crippen LogP contribution in [0.3, 0.4) is 0 Å². The predicted molar refractivity (Wildman–Crippen MR) is 63.6 cm³/mol. The van der Waals surface area contributed by atoms with Crippen LogP contribution in [0.5, 0.6) is 0 Å². The molecule has 2 atom stereocenters. The Hall–Kier alpha value is -0.160. The normalized spacial score (nSPS) is 39.2. The van der Waals surface area contributed by atoms with Crippen LogP contribution in [0.15, 0.2) is 0 Å². The molecule has 2 aliphatic heterocycles. The molecule has 0 aliphatic carbocycles.